The van der Waals surface area contributed by atoms with Gasteiger partial charge in [-0.2, -0.15) is 0 Å². The maximum Gasteiger partial charge on any atom is 0.179 e. The molecule has 7 aromatic rings. The van der Waals surface area contributed by atoms with Crippen LogP contribution in [-0.2, 0) is 13.2 Å². The first-order valence-electron chi connectivity index (χ1n) is 31.1. The number of nitrogens with one attached hydrogen (secondary N) is 7. The molecule has 0 saturated heterocycles. The van der Waals surface area contributed by atoms with E-state index in [-0.39, 0.29) is 80.3 Å². The van der Waals surface area contributed by atoms with Crippen LogP contribution in [0.5, 0.6) is 0 Å². The Kier molecular flexibility index (Phi) is 32.1. The number of benzene rings is 7. The molecule has 1 saturated carbocycles. The van der Waals surface area contributed by atoms with Crippen molar-refractivity contribution >= 4 is 63.0 Å². The van der Waals surface area contributed by atoms with Gasteiger partial charge in [0, 0.05) is 73.2 Å². The average molecular weight is 1360 g/mol. The zero-order chi connectivity index (χ0) is 72.0. The van der Waals surface area contributed by atoms with Crippen LogP contribution in [0.15, 0.2) is 133 Å². The molecule has 1 aliphatic carbocycles. The van der Waals surface area contributed by atoms with Crippen LogP contribution in [0.25, 0.3) is 0 Å². The van der Waals surface area contributed by atoms with Crippen LogP contribution < -0.4 is 37.2 Å². The van der Waals surface area contributed by atoms with Crippen molar-refractivity contribution in [1.82, 2.24) is 0 Å². The highest BCUT2D eigenvalue weighted by atomic mass is 35.5. The zero-order valence-corrected chi connectivity index (χ0v) is 60.3. The minimum atomic E-state index is -1.01. The molecule has 0 aromatic heterocycles. The van der Waals surface area contributed by atoms with Gasteiger partial charge < -0.3 is 47.4 Å². The number of halogens is 10. The van der Waals surface area contributed by atoms with Crippen LogP contribution in [-0.4, -0.2) is 49.0 Å². The molecule has 0 bridgehead atoms. The normalized spacial score (nSPS) is 12.3. The summed E-state index contributed by atoms with van der Waals surface area (Å²) >= 11 is 11.5. The number of rotatable bonds is 10. The third-order valence-electron chi connectivity index (χ3n) is 11.7. The lowest BCUT2D eigenvalue weighted by Crippen LogP contribution is -2.26. The Balaban J connectivity index is 0.000000374. The summed E-state index contributed by atoms with van der Waals surface area (Å²) in [5.74, 6) is -3.99. The molecule has 94 heavy (non-hydrogen) atoms. The van der Waals surface area contributed by atoms with E-state index >= 15 is 0 Å². The van der Waals surface area contributed by atoms with E-state index in [9.17, 15) is 35.1 Å². The van der Waals surface area contributed by atoms with Gasteiger partial charge in [-0.3, -0.25) is 0 Å². The molecular weight excluding hydrogens is 1250 g/mol. The Morgan fingerprint density at radius 1 is 0.351 bits per heavy atom. The Labute approximate surface area is 565 Å². The van der Waals surface area contributed by atoms with E-state index < -0.39 is 23.3 Å². The summed E-state index contributed by atoms with van der Waals surface area (Å²) in [7, 11) is 0. The van der Waals surface area contributed by atoms with Crippen LogP contribution >= 0.6 is 23.2 Å². The summed E-state index contributed by atoms with van der Waals surface area (Å²) in [6.07, 6.45) is 2.43. The van der Waals surface area contributed by atoms with E-state index in [1.807, 2.05) is 140 Å². The van der Waals surface area contributed by atoms with Gasteiger partial charge in [-0.15, -0.1) is 0 Å². The van der Waals surface area contributed by atoms with Crippen molar-refractivity contribution in [2.45, 2.75) is 216 Å². The standard InChI is InChI=1S/C13H18FN.C11H16FNO.C11H17NO.C10H12ClF2N.C10H13ClFN.C10H13F2N.C10H14FN/c1-13(2,3)15-12-7-6-10(8-11(12)14)9-4-5-9;1-11(2,3)13-9-4-5-10(12)8(6-9)7-14;1-11(2,3)12-10-6-4-5-9(7-10)8-13;1-10(2,3)14-7-5-4-6(12)9(13)8(7)11;1-10(2,3)13-9-5-4-7(12)6-8(9)11;1-10(2,3)13-7-4-5-8(11)9(12)6-7;1-10(2,3)12-9-6-4-8(11)5-7-9/h6-9,15H,4-5H2,1-3H3;4-6,13-14H,7H2,1-3H3;4-7,12-13H,8H2,1-3H3;4-5,14H,1-3H3;2*4-6,13H,1-3H3;4-7,12H,1-3H3. The number of aliphatic hydroxyl groups is 2. The van der Waals surface area contributed by atoms with Gasteiger partial charge in [0.15, 0.2) is 23.3 Å². The molecule has 0 spiro atoms. The number of hydrogen-bond donors (Lipinski definition) is 9. The number of aliphatic hydroxyl groups excluding tert-OH is 2. The molecule has 0 unspecified atom stereocenters. The molecule has 0 atom stereocenters. The molecule has 9 N–H and O–H groups in total. The van der Waals surface area contributed by atoms with Crippen LogP contribution in [0, 0.1) is 46.5 Å². The fraction of sp³-hybridized carbons (Fsp3) is 0.440. The molecule has 0 aliphatic heterocycles. The highest BCUT2D eigenvalue weighted by Gasteiger charge is 2.25. The van der Waals surface area contributed by atoms with Crippen LogP contribution in [0.2, 0.25) is 10.0 Å². The van der Waals surface area contributed by atoms with E-state index in [0.29, 0.717) is 33.6 Å². The molecule has 19 heteroatoms. The van der Waals surface area contributed by atoms with Crippen molar-refractivity contribution < 1.29 is 45.3 Å². The molecule has 520 valence electrons. The Morgan fingerprint density at radius 2 is 0.755 bits per heavy atom. The van der Waals surface area contributed by atoms with E-state index in [4.69, 9.17) is 33.4 Å². The van der Waals surface area contributed by atoms with Gasteiger partial charge in [-0.25, -0.2) is 35.1 Å². The Bertz CT molecular complexity index is 3430. The SMILES string of the molecule is CC(C)(C)Nc1ccc(C2CC2)cc1F.CC(C)(C)Nc1ccc(F)c(CO)c1.CC(C)(C)Nc1ccc(F)c(F)c1.CC(C)(C)Nc1ccc(F)c(F)c1Cl.CC(C)(C)Nc1ccc(F)cc1.CC(C)(C)Nc1ccc(F)cc1Cl.CC(C)(C)Nc1cccc(CO)c1. The first-order valence-corrected chi connectivity index (χ1v) is 31.8. The predicted octanol–water partition coefficient (Wildman–Crippen LogP) is 22.6. The Morgan fingerprint density at radius 3 is 1.20 bits per heavy atom. The topological polar surface area (TPSA) is 125 Å². The molecule has 0 radical (unpaired) electrons. The van der Waals surface area contributed by atoms with Gasteiger partial charge in [0.2, 0.25) is 0 Å². The van der Waals surface area contributed by atoms with Gasteiger partial charge in [0.25, 0.3) is 0 Å². The maximum atomic E-state index is 13.7. The smallest absolute Gasteiger partial charge is 0.179 e. The molecule has 8 rings (SSSR count). The van der Waals surface area contributed by atoms with Crippen molar-refractivity contribution in [3.05, 3.63) is 207 Å². The first kappa shape index (κ1) is 83.2. The number of hydrogen-bond acceptors (Lipinski definition) is 9. The van der Waals surface area contributed by atoms with Crippen molar-refractivity contribution in [3.63, 3.8) is 0 Å². The van der Waals surface area contributed by atoms with Gasteiger partial charge in [0.05, 0.1) is 35.3 Å². The van der Waals surface area contributed by atoms with Gasteiger partial charge in [-0.1, -0.05) is 41.4 Å². The molecule has 0 heterocycles. The molecular formula is C75H103Cl2F8N7O2. The van der Waals surface area contributed by atoms with Gasteiger partial charge in [-0.05, 0) is 284 Å². The van der Waals surface area contributed by atoms with E-state index in [1.54, 1.807) is 36.4 Å². The second-order valence-electron chi connectivity index (χ2n) is 29.9. The lowest BCUT2D eigenvalue weighted by Gasteiger charge is -2.23. The van der Waals surface area contributed by atoms with E-state index in [1.165, 1.54) is 55.3 Å². The molecule has 1 aliphatic rings. The Hall–Kier alpha value is -6.92. The number of anilines is 7. The second-order valence-corrected chi connectivity index (χ2v) is 30.7. The zero-order valence-electron chi connectivity index (χ0n) is 58.8. The molecule has 1 fully saturated rings. The van der Waals surface area contributed by atoms with Crippen LogP contribution in [0.3, 0.4) is 0 Å². The van der Waals surface area contributed by atoms with Gasteiger partial charge >= 0.3 is 0 Å². The summed E-state index contributed by atoms with van der Waals surface area (Å²) in [4.78, 5) is 0. The summed E-state index contributed by atoms with van der Waals surface area (Å²) in [6, 6.07) is 35.0. The van der Waals surface area contributed by atoms with Gasteiger partial charge in [0.1, 0.15) is 28.3 Å². The minimum absolute atomic E-state index is 0.0256. The summed E-state index contributed by atoms with van der Waals surface area (Å²) < 4.78 is 103. The lowest BCUT2D eigenvalue weighted by molar-refractivity contribution is 0.276. The fourth-order valence-electron chi connectivity index (χ4n) is 8.09. The van der Waals surface area contributed by atoms with E-state index in [2.05, 4.69) is 78.8 Å². The minimum Gasteiger partial charge on any atom is -0.392 e. The summed E-state index contributed by atoms with van der Waals surface area (Å²) in [5, 5.41) is 40.2. The third kappa shape index (κ3) is 36.7. The van der Waals surface area contributed by atoms with Crippen molar-refractivity contribution in [3.8, 4) is 0 Å². The highest BCUT2D eigenvalue weighted by molar-refractivity contribution is 6.33. The quantitative estimate of drug-likeness (QED) is 0.0486. The predicted molar refractivity (Wildman–Crippen MR) is 382 cm³/mol. The molecule has 7 aromatic carbocycles. The monoisotopic (exact) mass is 1360 g/mol. The third-order valence-corrected chi connectivity index (χ3v) is 12.4. The van der Waals surface area contributed by atoms with Crippen LogP contribution in [0.4, 0.5) is 74.9 Å². The fourth-order valence-corrected chi connectivity index (χ4v) is 8.50. The van der Waals surface area contributed by atoms with E-state index in [0.717, 1.165) is 52.1 Å². The van der Waals surface area contributed by atoms with Crippen molar-refractivity contribution in [1.29, 1.82) is 0 Å². The van der Waals surface area contributed by atoms with Crippen molar-refractivity contribution in [2.75, 3.05) is 37.2 Å². The second kappa shape index (κ2) is 36.3. The van der Waals surface area contributed by atoms with Crippen LogP contribution in [0.1, 0.15) is 181 Å². The maximum absolute atomic E-state index is 13.7. The first-order chi connectivity index (χ1) is 42.9. The molecule has 0 amide bonds. The summed E-state index contributed by atoms with van der Waals surface area (Å²) in [5.41, 5.74) is 7.05. The van der Waals surface area contributed by atoms with Crippen molar-refractivity contribution in [2.24, 2.45) is 0 Å². The molecule has 9 nitrogen and oxygen atoms in total. The largest absolute Gasteiger partial charge is 0.392 e. The average Bonchev–Trinajstić information content (AvgIpc) is 1.56. The highest BCUT2D eigenvalue weighted by Crippen LogP contribution is 2.41. The lowest BCUT2D eigenvalue weighted by atomic mass is 10.1. The summed E-state index contributed by atoms with van der Waals surface area (Å²) in [6.45, 7) is 42.1.